The van der Waals surface area contributed by atoms with Crippen molar-refractivity contribution in [1.29, 1.82) is 5.26 Å². The van der Waals surface area contributed by atoms with Gasteiger partial charge in [0.2, 0.25) is 5.91 Å². The molecular weight excluding hydrogens is 436 g/mol. The Morgan fingerprint density at radius 3 is 2.80 bits per heavy atom. The molecule has 4 rings (SSSR count). The van der Waals surface area contributed by atoms with E-state index in [1.807, 2.05) is 13.8 Å². The van der Waals surface area contributed by atoms with Crippen molar-refractivity contribution < 1.29 is 4.79 Å². The second-order valence-electron chi connectivity index (χ2n) is 7.44. The minimum absolute atomic E-state index is 0.0847. The van der Waals surface area contributed by atoms with Crippen LogP contribution in [-0.2, 0) is 24.7 Å². The van der Waals surface area contributed by atoms with Crippen molar-refractivity contribution in [2.75, 3.05) is 11.1 Å². The van der Waals surface area contributed by atoms with Crippen LogP contribution in [0.1, 0.15) is 45.7 Å². The van der Waals surface area contributed by atoms with Crippen molar-refractivity contribution in [3.63, 3.8) is 0 Å². The quantitative estimate of drug-likeness (QED) is 0.352. The molecule has 0 saturated heterocycles. The number of fused-ring (bicyclic) bond motifs is 2. The van der Waals surface area contributed by atoms with Gasteiger partial charge in [0, 0.05) is 16.8 Å². The number of nitriles is 1. The summed E-state index contributed by atoms with van der Waals surface area (Å²) in [6.45, 7) is 3.92. The number of aromatic nitrogens is 2. The van der Waals surface area contributed by atoms with E-state index >= 15 is 0 Å². The SMILES string of the molecule is Cc1sc2nc(SCC(=O)Nc3sc4c(c3C#N)CCCCC4)n(C)c(=O)c2c1C. The third-order valence-corrected chi connectivity index (χ3v) is 8.83. The molecule has 0 radical (unpaired) electrons. The summed E-state index contributed by atoms with van der Waals surface area (Å²) in [6, 6.07) is 2.29. The first-order valence-corrected chi connectivity index (χ1v) is 12.5. The van der Waals surface area contributed by atoms with Crippen LogP contribution in [0.5, 0.6) is 0 Å². The molecule has 0 aromatic carbocycles. The molecule has 156 valence electrons. The molecule has 1 aliphatic rings. The summed E-state index contributed by atoms with van der Waals surface area (Å²) in [5.74, 6) is -0.0662. The molecule has 3 aromatic heterocycles. The van der Waals surface area contributed by atoms with E-state index < -0.39 is 0 Å². The summed E-state index contributed by atoms with van der Waals surface area (Å²) in [6.07, 6.45) is 5.29. The third-order valence-electron chi connectivity index (χ3n) is 5.49. The molecule has 0 aliphatic heterocycles. The van der Waals surface area contributed by atoms with Crippen molar-refractivity contribution in [3.05, 3.63) is 36.8 Å². The van der Waals surface area contributed by atoms with Crippen LogP contribution in [0.2, 0.25) is 0 Å². The van der Waals surface area contributed by atoms with E-state index in [0.29, 0.717) is 25.9 Å². The summed E-state index contributed by atoms with van der Waals surface area (Å²) in [4.78, 5) is 33.0. The lowest BCUT2D eigenvalue weighted by atomic mass is 10.1. The summed E-state index contributed by atoms with van der Waals surface area (Å²) in [7, 11) is 1.69. The number of nitrogens with one attached hydrogen (secondary N) is 1. The Balaban J connectivity index is 1.52. The number of carbonyl (C=O) groups excluding carboxylic acids is 1. The highest BCUT2D eigenvalue weighted by Crippen LogP contribution is 2.37. The van der Waals surface area contributed by atoms with Gasteiger partial charge in [0.05, 0.1) is 16.7 Å². The van der Waals surface area contributed by atoms with Gasteiger partial charge in [-0.3, -0.25) is 14.2 Å². The number of anilines is 1. The summed E-state index contributed by atoms with van der Waals surface area (Å²) >= 11 is 4.27. The second kappa shape index (κ2) is 8.53. The Hall–Kier alpha value is -2.15. The van der Waals surface area contributed by atoms with E-state index in [1.54, 1.807) is 7.05 Å². The van der Waals surface area contributed by atoms with Gasteiger partial charge in [-0.25, -0.2) is 4.98 Å². The van der Waals surface area contributed by atoms with Gasteiger partial charge in [0.15, 0.2) is 5.16 Å². The fourth-order valence-electron chi connectivity index (χ4n) is 3.73. The van der Waals surface area contributed by atoms with Gasteiger partial charge in [0.25, 0.3) is 5.56 Å². The van der Waals surface area contributed by atoms with Gasteiger partial charge in [-0.15, -0.1) is 22.7 Å². The minimum Gasteiger partial charge on any atom is -0.316 e. The van der Waals surface area contributed by atoms with Crippen molar-refractivity contribution in [2.45, 2.75) is 51.1 Å². The minimum atomic E-state index is -0.194. The standard InChI is InChI=1S/C21H22N4O2S3/c1-11-12(2)29-19-17(11)20(27)25(3)21(24-19)28-10-16(26)23-18-14(9-22)13-7-5-4-6-8-15(13)30-18/h4-8,10H2,1-3H3,(H,23,26). The molecule has 0 bridgehead atoms. The molecule has 0 unspecified atom stereocenters. The maximum absolute atomic E-state index is 12.7. The monoisotopic (exact) mass is 458 g/mol. The third kappa shape index (κ3) is 3.80. The molecule has 30 heavy (non-hydrogen) atoms. The summed E-state index contributed by atoms with van der Waals surface area (Å²) < 4.78 is 1.51. The Kier molecular flexibility index (Phi) is 6.00. The van der Waals surface area contributed by atoms with Crippen LogP contribution in [0.3, 0.4) is 0 Å². The van der Waals surface area contributed by atoms with Crippen LogP contribution < -0.4 is 10.9 Å². The zero-order valence-corrected chi connectivity index (χ0v) is 19.6. The van der Waals surface area contributed by atoms with Crippen LogP contribution in [0.4, 0.5) is 5.00 Å². The lowest BCUT2D eigenvalue weighted by molar-refractivity contribution is -0.113. The Labute approximate surface area is 186 Å². The Morgan fingerprint density at radius 1 is 1.27 bits per heavy atom. The van der Waals surface area contributed by atoms with Crippen LogP contribution in [0.15, 0.2) is 9.95 Å². The van der Waals surface area contributed by atoms with E-state index in [1.165, 1.54) is 50.3 Å². The number of rotatable bonds is 4. The first-order chi connectivity index (χ1) is 14.4. The number of thiophene rings is 2. The number of thioether (sulfide) groups is 1. The van der Waals surface area contributed by atoms with Gasteiger partial charge >= 0.3 is 0 Å². The molecule has 1 aliphatic carbocycles. The number of nitrogens with zero attached hydrogens (tertiary/aromatic N) is 3. The van der Waals surface area contributed by atoms with Crippen molar-refractivity contribution in [2.24, 2.45) is 7.05 Å². The van der Waals surface area contributed by atoms with E-state index in [2.05, 4.69) is 16.4 Å². The van der Waals surface area contributed by atoms with E-state index in [0.717, 1.165) is 41.7 Å². The molecule has 0 fully saturated rings. The highest BCUT2D eigenvalue weighted by Gasteiger charge is 2.21. The van der Waals surface area contributed by atoms with Gasteiger partial charge in [-0.2, -0.15) is 5.26 Å². The van der Waals surface area contributed by atoms with Crippen LogP contribution in [0, 0.1) is 25.2 Å². The highest BCUT2D eigenvalue weighted by atomic mass is 32.2. The Morgan fingerprint density at radius 2 is 2.03 bits per heavy atom. The normalized spacial score (nSPS) is 13.7. The van der Waals surface area contributed by atoms with Crippen molar-refractivity contribution in [3.8, 4) is 6.07 Å². The van der Waals surface area contributed by atoms with Gasteiger partial charge in [-0.1, -0.05) is 18.2 Å². The molecule has 1 amide bonds. The molecular formula is C21H22N4O2S3. The number of hydrogen-bond acceptors (Lipinski definition) is 7. The molecule has 6 nitrogen and oxygen atoms in total. The number of aryl methyl sites for hydroxylation is 3. The molecule has 9 heteroatoms. The van der Waals surface area contributed by atoms with Crippen LogP contribution in [-0.4, -0.2) is 21.2 Å². The molecule has 3 heterocycles. The van der Waals surface area contributed by atoms with Crippen LogP contribution in [0.25, 0.3) is 10.2 Å². The lowest BCUT2D eigenvalue weighted by Crippen LogP contribution is -2.21. The van der Waals surface area contributed by atoms with E-state index in [-0.39, 0.29) is 17.2 Å². The number of hydrogen-bond donors (Lipinski definition) is 1. The average molecular weight is 459 g/mol. The van der Waals surface area contributed by atoms with E-state index in [9.17, 15) is 14.9 Å². The lowest BCUT2D eigenvalue weighted by Gasteiger charge is -2.08. The predicted octanol–water partition coefficient (Wildman–Crippen LogP) is 4.54. The van der Waals surface area contributed by atoms with E-state index in [4.69, 9.17) is 0 Å². The van der Waals surface area contributed by atoms with Gasteiger partial charge < -0.3 is 5.32 Å². The maximum Gasteiger partial charge on any atom is 0.262 e. The second-order valence-corrected chi connectivity index (χ2v) is 10.7. The number of carbonyl (C=O) groups is 1. The largest absolute Gasteiger partial charge is 0.316 e. The van der Waals surface area contributed by atoms with Crippen LogP contribution >= 0.6 is 34.4 Å². The van der Waals surface area contributed by atoms with Crippen molar-refractivity contribution in [1.82, 2.24) is 9.55 Å². The zero-order chi connectivity index (χ0) is 21.4. The molecule has 0 saturated carbocycles. The number of amides is 1. The highest BCUT2D eigenvalue weighted by molar-refractivity contribution is 7.99. The average Bonchev–Trinajstić information content (AvgIpc) is 3.08. The predicted molar refractivity (Wildman–Crippen MR) is 124 cm³/mol. The summed E-state index contributed by atoms with van der Waals surface area (Å²) in [5, 5.41) is 14.4. The first kappa shape index (κ1) is 21.1. The molecule has 1 N–H and O–H groups in total. The maximum atomic E-state index is 12.7. The topological polar surface area (TPSA) is 87.8 Å². The Bertz CT molecular complexity index is 1250. The molecule has 0 atom stereocenters. The molecule has 3 aromatic rings. The summed E-state index contributed by atoms with van der Waals surface area (Å²) in [5.41, 5.74) is 2.62. The van der Waals surface area contributed by atoms with Gasteiger partial charge in [-0.05, 0) is 50.7 Å². The first-order valence-electron chi connectivity index (χ1n) is 9.84. The van der Waals surface area contributed by atoms with Gasteiger partial charge in [0.1, 0.15) is 15.9 Å². The fourth-order valence-corrected chi connectivity index (χ4v) is 6.83. The zero-order valence-electron chi connectivity index (χ0n) is 17.1. The molecule has 0 spiro atoms. The van der Waals surface area contributed by atoms with Crippen molar-refractivity contribution >= 4 is 55.6 Å². The smallest absolute Gasteiger partial charge is 0.262 e. The fraction of sp³-hybridized carbons (Fsp3) is 0.429.